The number of hydrogen-bond acceptors (Lipinski definition) is 0. The van der Waals surface area contributed by atoms with Gasteiger partial charge in [-0.05, 0) is 49.1 Å². The summed E-state index contributed by atoms with van der Waals surface area (Å²) in [7, 11) is 0. The van der Waals surface area contributed by atoms with Gasteiger partial charge in [-0.15, -0.1) is 0 Å². The van der Waals surface area contributed by atoms with Gasteiger partial charge in [-0.25, -0.2) is 0 Å². The summed E-state index contributed by atoms with van der Waals surface area (Å²) in [6, 6.07) is 8.96. The Morgan fingerprint density at radius 2 is 2.12 bits per heavy atom. The van der Waals surface area contributed by atoms with E-state index in [9.17, 15) is 0 Å². The Morgan fingerprint density at radius 3 is 3.00 bits per heavy atom. The van der Waals surface area contributed by atoms with Crippen LogP contribution >= 0.6 is 15.9 Å². The highest BCUT2D eigenvalue weighted by atomic mass is 79.9. The highest BCUT2D eigenvalue weighted by molar-refractivity contribution is 9.09. The molecule has 1 aromatic rings. The fourth-order valence-corrected chi connectivity index (χ4v) is 2.81. The first-order valence-electron chi connectivity index (χ1n) is 6.20. The smallest absolute Gasteiger partial charge is 0.00659 e. The molecule has 1 unspecified atom stereocenters. The van der Waals surface area contributed by atoms with Crippen molar-refractivity contribution in [2.45, 2.75) is 38.0 Å². The zero-order valence-corrected chi connectivity index (χ0v) is 11.2. The lowest BCUT2D eigenvalue weighted by Gasteiger charge is -2.24. The SMILES string of the molecule is BrCCC=CCC1CCCc2ccccc21. The third-order valence-corrected chi connectivity index (χ3v) is 3.81. The summed E-state index contributed by atoms with van der Waals surface area (Å²) in [6.45, 7) is 0. The van der Waals surface area contributed by atoms with Crippen molar-refractivity contribution in [1.29, 1.82) is 0 Å². The highest BCUT2D eigenvalue weighted by Crippen LogP contribution is 2.33. The average Bonchev–Trinajstić information content (AvgIpc) is 2.35. The fraction of sp³-hybridized carbons (Fsp3) is 0.467. The summed E-state index contributed by atoms with van der Waals surface area (Å²) in [6.07, 6.45) is 11.0. The van der Waals surface area contributed by atoms with E-state index in [-0.39, 0.29) is 0 Å². The maximum atomic E-state index is 3.45. The number of benzene rings is 1. The molecule has 0 nitrogen and oxygen atoms in total. The molecule has 1 aliphatic carbocycles. The van der Waals surface area contributed by atoms with Crippen molar-refractivity contribution in [3.8, 4) is 0 Å². The third-order valence-electron chi connectivity index (χ3n) is 3.36. The molecule has 0 heterocycles. The third kappa shape index (κ3) is 2.98. The minimum absolute atomic E-state index is 0.761. The van der Waals surface area contributed by atoms with Gasteiger partial charge in [0.15, 0.2) is 0 Å². The molecule has 2 rings (SSSR count). The topological polar surface area (TPSA) is 0 Å². The van der Waals surface area contributed by atoms with Crippen LogP contribution in [0.3, 0.4) is 0 Å². The van der Waals surface area contributed by atoms with Gasteiger partial charge in [-0.2, -0.15) is 0 Å². The Bertz CT molecular complexity index is 354. The van der Waals surface area contributed by atoms with Crippen molar-refractivity contribution in [3.05, 3.63) is 47.5 Å². The predicted octanol–water partition coefficient (Wildman–Crippen LogP) is 4.84. The molecule has 0 bridgehead atoms. The molecule has 1 heteroatoms. The molecular weight excluding hydrogens is 260 g/mol. The number of alkyl halides is 1. The quantitative estimate of drug-likeness (QED) is 0.546. The zero-order chi connectivity index (χ0) is 11.2. The molecule has 0 saturated carbocycles. The number of halogens is 1. The minimum Gasteiger partial charge on any atom is -0.0925 e. The van der Waals surface area contributed by atoms with E-state index in [0.29, 0.717) is 0 Å². The monoisotopic (exact) mass is 278 g/mol. The second kappa shape index (κ2) is 6.24. The van der Waals surface area contributed by atoms with Crippen LogP contribution in [0.2, 0.25) is 0 Å². The first-order valence-corrected chi connectivity index (χ1v) is 7.32. The number of allylic oxidation sites excluding steroid dienone is 2. The molecule has 86 valence electrons. The van der Waals surface area contributed by atoms with E-state index in [1.807, 2.05) is 0 Å². The lowest BCUT2D eigenvalue weighted by Crippen LogP contribution is -2.08. The Balaban J connectivity index is 2.01. The molecule has 1 atom stereocenters. The van der Waals surface area contributed by atoms with E-state index in [4.69, 9.17) is 0 Å². The fourth-order valence-electron chi connectivity index (χ4n) is 2.54. The molecule has 0 spiro atoms. The van der Waals surface area contributed by atoms with Gasteiger partial charge in [0, 0.05) is 5.33 Å². The number of fused-ring (bicyclic) bond motifs is 1. The largest absolute Gasteiger partial charge is 0.0925 e. The summed E-state index contributed by atoms with van der Waals surface area (Å²) in [5.41, 5.74) is 3.17. The minimum atomic E-state index is 0.761. The van der Waals surface area contributed by atoms with Crippen LogP contribution in [-0.4, -0.2) is 5.33 Å². The summed E-state index contributed by atoms with van der Waals surface area (Å²) in [5.74, 6) is 0.761. The molecule has 0 amide bonds. The molecule has 1 aliphatic rings. The maximum absolute atomic E-state index is 3.45. The van der Waals surface area contributed by atoms with Gasteiger partial charge in [-0.3, -0.25) is 0 Å². The van der Waals surface area contributed by atoms with Gasteiger partial charge in [0.05, 0.1) is 0 Å². The first-order chi connectivity index (χ1) is 7.92. The van der Waals surface area contributed by atoms with Crippen molar-refractivity contribution < 1.29 is 0 Å². The highest BCUT2D eigenvalue weighted by Gasteiger charge is 2.17. The standard InChI is InChI=1S/C15H19Br/c16-12-5-1-2-7-13-9-6-10-14-8-3-4-11-15(13)14/h1-4,8,11,13H,5-7,9-10,12H2. The summed E-state index contributed by atoms with van der Waals surface area (Å²) < 4.78 is 0. The van der Waals surface area contributed by atoms with Gasteiger partial charge >= 0.3 is 0 Å². The van der Waals surface area contributed by atoms with Crippen LogP contribution in [0.25, 0.3) is 0 Å². The Morgan fingerprint density at radius 1 is 1.25 bits per heavy atom. The van der Waals surface area contributed by atoms with E-state index in [2.05, 4.69) is 52.3 Å². The molecule has 0 N–H and O–H groups in total. The molecule has 1 aromatic carbocycles. The van der Waals surface area contributed by atoms with Crippen LogP contribution in [0.4, 0.5) is 0 Å². The molecule has 0 fully saturated rings. The maximum Gasteiger partial charge on any atom is 0.00659 e. The summed E-state index contributed by atoms with van der Waals surface area (Å²) in [4.78, 5) is 0. The number of hydrogen-bond donors (Lipinski definition) is 0. The van der Waals surface area contributed by atoms with Crippen molar-refractivity contribution in [2.75, 3.05) is 5.33 Å². The van der Waals surface area contributed by atoms with E-state index in [0.717, 1.165) is 17.7 Å². The summed E-state index contributed by atoms with van der Waals surface area (Å²) >= 11 is 3.45. The van der Waals surface area contributed by atoms with E-state index < -0.39 is 0 Å². The van der Waals surface area contributed by atoms with Crippen molar-refractivity contribution >= 4 is 15.9 Å². The number of rotatable bonds is 4. The second-order valence-electron chi connectivity index (χ2n) is 4.47. The molecule has 0 saturated heterocycles. The van der Waals surface area contributed by atoms with Crippen LogP contribution in [0.15, 0.2) is 36.4 Å². The zero-order valence-electron chi connectivity index (χ0n) is 9.66. The average molecular weight is 279 g/mol. The van der Waals surface area contributed by atoms with Crippen molar-refractivity contribution in [2.24, 2.45) is 0 Å². The van der Waals surface area contributed by atoms with Crippen molar-refractivity contribution in [3.63, 3.8) is 0 Å². The van der Waals surface area contributed by atoms with Crippen molar-refractivity contribution in [1.82, 2.24) is 0 Å². The predicted molar refractivity (Wildman–Crippen MR) is 74.3 cm³/mol. The Kier molecular flexibility index (Phi) is 4.65. The van der Waals surface area contributed by atoms with E-state index in [1.165, 1.54) is 25.7 Å². The van der Waals surface area contributed by atoms with Gasteiger partial charge in [0.25, 0.3) is 0 Å². The molecule has 16 heavy (non-hydrogen) atoms. The van der Waals surface area contributed by atoms with Gasteiger partial charge in [0.2, 0.25) is 0 Å². The van der Waals surface area contributed by atoms with Crippen LogP contribution in [-0.2, 0) is 6.42 Å². The van der Waals surface area contributed by atoms with Crippen LogP contribution < -0.4 is 0 Å². The lowest BCUT2D eigenvalue weighted by molar-refractivity contribution is 0.558. The molecule has 0 aromatic heterocycles. The van der Waals surface area contributed by atoms with Crippen LogP contribution in [0.1, 0.15) is 42.7 Å². The van der Waals surface area contributed by atoms with E-state index >= 15 is 0 Å². The number of aryl methyl sites for hydroxylation is 1. The van der Waals surface area contributed by atoms with Gasteiger partial charge < -0.3 is 0 Å². The molecule has 0 aliphatic heterocycles. The summed E-state index contributed by atoms with van der Waals surface area (Å²) in [5, 5.41) is 1.07. The normalized spacial score (nSPS) is 19.9. The second-order valence-corrected chi connectivity index (χ2v) is 5.27. The Labute approximate surface area is 107 Å². The van der Waals surface area contributed by atoms with E-state index in [1.54, 1.807) is 11.1 Å². The van der Waals surface area contributed by atoms with Crippen LogP contribution in [0.5, 0.6) is 0 Å². The van der Waals surface area contributed by atoms with Gasteiger partial charge in [0.1, 0.15) is 0 Å². The molecule has 0 radical (unpaired) electrons. The van der Waals surface area contributed by atoms with Crippen LogP contribution in [0, 0.1) is 0 Å². The first kappa shape index (κ1) is 11.9. The lowest BCUT2D eigenvalue weighted by atomic mass is 9.81. The van der Waals surface area contributed by atoms with Gasteiger partial charge in [-0.1, -0.05) is 52.3 Å². The Hall–Kier alpha value is -0.560. The molecular formula is C15H19Br.